The molecule has 0 radical (unpaired) electrons. The summed E-state index contributed by atoms with van der Waals surface area (Å²) in [6.45, 7) is 10.9. The maximum atomic E-state index is 12.5. The second-order valence-corrected chi connectivity index (χ2v) is 7.71. The number of piperidine rings is 1. The van der Waals surface area contributed by atoms with Gasteiger partial charge in [0, 0.05) is 37.9 Å². The summed E-state index contributed by atoms with van der Waals surface area (Å²) >= 11 is 0. The molecule has 1 aromatic carbocycles. The summed E-state index contributed by atoms with van der Waals surface area (Å²) < 4.78 is 0. The Morgan fingerprint density at radius 2 is 1.83 bits per heavy atom. The van der Waals surface area contributed by atoms with Gasteiger partial charge in [0.25, 0.3) is 0 Å². The third-order valence-electron chi connectivity index (χ3n) is 5.37. The molecule has 1 saturated heterocycles. The largest absolute Gasteiger partial charge is 0.346 e. The van der Waals surface area contributed by atoms with Crippen LogP contribution in [0.25, 0.3) is 0 Å². The third kappa shape index (κ3) is 5.34. The van der Waals surface area contributed by atoms with Crippen LogP contribution in [0.5, 0.6) is 0 Å². The molecular weight excluding hydrogens is 296 g/mol. The summed E-state index contributed by atoms with van der Waals surface area (Å²) in [6, 6.07) is 9.08. The lowest BCUT2D eigenvalue weighted by Gasteiger charge is -2.31. The number of quaternary nitrogens is 1. The van der Waals surface area contributed by atoms with Gasteiger partial charge in [0.15, 0.2) is 0 Å². The molecule has 1 amide bonds. The Hall–Kier alpha value is -1.35. The van der Waals surface area contributed by atoms with Crippen molar-refractivity contribution in [3.63, 3.8) is 0 Å². The predicted molar refractivity (Wildman–Crippen MR) is 100 cm³/mol. The third-order valence-corrected chi connectivity index (χ3v) is 5.37. The maximum Gasteiger partial charge on any atom is 0.225 e. The van der Waals surface area contributed by atoms with E-state index in [1.165, 1.54) is 11.1 Å². The van der Waals surface area contributed by atoms with E-state index in [1.54, 1.807) is 4.90 Å². The molecule has 0 aliphatic carbocycles. The van der Waals surface area contributed by atoms with Crippen LogP contribution in [0, 0.1) is 5.92 Å². The van der Waals surface area contributed by atoms with E-state index in [4.69, 9.17) is 0 Å². The number of likely N-dealkylation sites (tertiary alicyclic amines) is 1. The zero-order valence-electron chi connectivity index (χ0n) is 16.0. The van der Waals surface area contributed by atoms with E-state index in [2.05, 4.69) is 45.0 Å². The van der Waals surface area contributed by atoms with E-state index in [0.717, 1.165) is 51.9 Å². The van der Waals surface area contributed by atoms with Gasteiger partial charge in [-0.2, -0.15) is 0 Å². The molecule has 0 bridgehead atoms. The van der Waals surface area contributed by atoms with Crippen LogP contribution in [0.2, 0.25) is 0 Å². The van der Waals surface area contributed by atoms with Crippen molar-refractivity contribution in [3.8, 4) is 0 Å². The van der Waals surface area contributed by atoms with Crippen molar-refractivity contribution in [2.24, 2.45) is 5.92 Å². The van der Waals surface area contributed by atoms with Crippen molar-refractivity contribution in [2.45, 2.75) is 58.9 Å². The van der Waals surface area contributed by atoms with Crippen molar-refractivity contribution < 1.29 is 9.69 Å². The first kappa shape index (κ1) is 19.0. The van der Waals surface area contributed by atoms with Crippen LogP contribution < -0.4 is 4.90 Å². The Bertz CT molecular complexity index is 501. The van der Waals surface area contributed by atoms with Gasteiger partial charge in [0.1, 0.15) is 6.54 Å². The molecule has 0 unspecified atom stereocenters. The molecule has 1 N–H and O–H groups in total. The van der Waals surface area contributed by atoms with Crippen LogP contribution in [0.15, 0.2) is 24.3 Å². The molecule has 3 heteroatoms. The molecule has 0 spiro atoms. The standard InChI is InChI=1S/C21H34N2O/c1-5-6-13-22(4)21(24)20-11-14-23(15-12-20)16-18-7-9-19(10-8-18)17(2)3/h7-10,17,20H,5-6,11-16H2,1-4H3/p+1. The van der Waals surface area contributed by atoms with E-state index in [0.29, 0.717) is 11.8 Å². The number of unbranched alkanes of at least 4 members (excludes halogenated alkanes) is 1. The highest BCUT2D eigenvalue weighted by Gasteiger charge is 2.29. The van der Waals surface area contributed by atoms with E-state index in [-0.39, 0.29) is 5.92 Å². The molecule has 2 rings (SSSR count). The average Bonchev–Trinajstić information content (AvgIpc) is 2.60. The first-order chi connectivity index (χ1) is 11.5. The van der Waals surface area contributed by atoms with Gasteiger partial charge in [-0.3, -0.25) is 4.79 Å². The number of carbonyl (C=O) groups is 1. The van der Waals surface area contributed by atoms with Crippen LogP contribution in [0.1, 0.15) is 63.5 Å². The number of rotatable bonds is 7. The molecule has 0 aromatic heterocycles. The first-order valence-electron chi connectivity index (χ1n) is 9.68. The molecule has 1 aromatic rings. The van der Waals surface area contributed by atoms with Gasteiger partial charge in [-0.05, 0) is 17.9 Å². The Labute approximate surface area is 148 Å². The smallest absolute Gasteiger partial charge is 0.225 e. The summed E-state index contributed by atoms with van der Waals surface area (Å²) in [7, 11) is 1.97. The summed E-state index contributed by atoms with van der Waals surface area (Å²) in [4.78, 5) is 16.1. The monoisotopic (exact) mass is 331 g/mol. The van der Waals surface area contributed by atoms with Crippen LogP contribution >= 0.6 is 0 Å². The second-order valence-electron chi connectivity index (χ2n) is 7.71. The van der Waals surface area contributed by atoms with Crippen molar-refractivity contribution in [1.82, 2.24) is 4.90 Å². The first-order valence-corrected chi connectivity index (χ1v) is 9.68. The zero-order valence-corrected chi connectivity index (χ0v) is 16.0. The molecule has 134 valence electrons. The summed E-state index contributed by atoms with van der Waals surface area (Å²) in [5.74, 6) is 1.21. The fourth-order valence-electron chi connectivity index (χ4n) is 3.58. The minimum atomic E-state index is 0.249. The van der Waals surface area contributed by atoms with Gasteiger partial charge < -0.3 is 9.80 Å². The summed E-state index contributed by atoms with van der Waals surface area (Å²) in [6.07, 6.45) is 4.33. The van der Waals surface area contributed by atoms with Gasteiger partial charge >= 0.3 is 0 Å². The SMILES string of the molecule is CCCCN(C)C(=O)C1CC[NH+](Cc2ccc(C(C)C)cc2)CC1. The number of nitrogens with one attached hydrogen (secondary N) is 1. The Balaban J connectivity index is 1.79. The second kappa shape index (κ2) is 9.22. The van der Waals surface area contributed by atoms with Gasteiger partial charge in [-0.1, -0.05) is 51.5 Å². The normalized spacial score (nSPS) is 21.0. The molecular formula is C21H35N2O+. The number of nitrogens with zero attached hydrogens (tertiary/aromatic N) is 1. The van der Waals surface area contributed by atoms with Crippen LogP contribution in [-0.2, 0) is 11.3 Å². The highest BCUT2D eigenvalue weighted by molar-refractivity contribution is 5.78. The molecule has 1 aliphatic rings. The van der Waals surface area contributed by atoms with Crippen LogP contribution in [-0.4, -0.2) is 37.5 Å². The number of amides is 1. The Morgan fingerprint density at radius 1 is 1.21 bits per heavy atom. The van der Waals surface area contributed by atoms with Crippen LogP contribution in [0.3, 0.4) is 0 Å². The number of carbonyl (C=O) groups excluding carboxylic acids is 1. The highest BCUT2D eigenvalue weighted by atomic mass is 16.2. The minimum Gasteiger partial charge on any atom is -0.346 e. The molecule has 3 nitrogen and oxygen atoms in total. The minimum absolute atomic E-state index is 0.249. The van der Waals surface area contributed by atoms with Crippen molar-refractivity contribution in [3.05, 3.63) is 35.4 Å². The fraction of sp³-hybridized carbons (Fsp3) is 0.667. The number of hydrogen-bond acceptors (Lipinski definition) is 1. The molecule has 24 heavy (non-hydrogen) atoms. The maximum absolute atomic E-state index is 12.5. The molecule has 1 heterocycles. The topological polar surface area (TPSA) is 24.8 Å². The van der Waals surface area contributed by atoms with Gasteiger partial charge in [0.05, 0.1) is 13.1 Å². The summed E-state index contributed by atoms with van der Waals surface area (Å²) in [5.41, 5.74) is 2.83. The van der Waals surface area contributed by atoms with Gasteiger partial charge in [-0.15, -0.1) is 0 Å². The lowest BCUT2D eigenvalue weighted by atomic mass is 9.94. The fourth-order valence-corrected chi connectivity index (χ4v) is 3.58. The van der Waals surface area contributed by atoms with E-state index >= 15 is 0 Å². The molecule has 0 atom stereocenters. The molecule has 1 fully saturated rings. The Kier molecular flexibility index (Phi) is 7.29. The van der Waals surface area contributed by atoms with Crippen LogP contribution in [0.4, 0.5) is 0 Å². The predicted octanol–water partition coefficient (Wildman–Crippen LogP) is 2.86. The van der Waals surface area contributed by atoms with Gasteiger partial charge in [0.2, 0.25) is 5.91 Å². The number of hydrogen-bond donors (Lipinski definition) is 1. The highest BCUT2D eigenvalue weighted by Crippen LogP contribution is 2.16. The quantitative estimate of drug-likeness (QED) is 0.816. The van der Waals surface area contributed by atoms with Crippen molar-refractivity contribution in [1.29, 1.82) is 0 Å². The average molecular weight is 332 g/mol. The lowest BCUT2D eigenvalue weighted by Crippen LogP contribution is -3.11. The Morgan fingerprint density at radius 3 is 2.38 bits per heavy atom. The van der Waals surface area contributed by atoms with Gasteiger partial charge in [-0.25, -0.2) is 0 Å². The lowest BCUT2D eigenvalue weighted by molar-refractivity contribution is -0.919. The summed E-state index contributed by atoms with van der Waals surface area (Å²) in [5, 5.41) is 0. The van der Waals surface area contributed by atoms with E-state index in [9.17, 15) is 4.79 Å². The zero-order chi connectivity index (χ0) is 17.5. The molecule has 0 saturated carbocycles. The van der Waals surface area contributed by atoms with Crippen molar-refractivity contribution in [2.75, 3.05) is 26.7 Å². The van der Waals surface area contributed by atoms with E-state index in [1.807, 2.05) is 11.9 Å². The van der Waals surface area contributed by atoms with Crippen molar-refractivity contribution >= 4 is 5.91 Å². The van der Waals surface area contributed by atoms with E-state index < -0.39 is 0 Å². The number of benzene rings is 1. The molecule has 1 aliphatic heterocycles.